The van der Waals surface area contributed by atoms with Crippen LogP contribution in [0.1, 0.15) is 26.7 Å². The molecule has 4 nitrogen and oxygen atoms in total. The predicted octanol–water partition coefficient (Wildman–Crippen LogP) is 4.83. The number of alkyl halides is 1. The lowest BCUT2D eigenvalue weighted by Crippen LogP contribution is -2.29. The topological polar surface area (TPSA) is 52.4 Å². The molecule has 0 saturated heterocycles. The number of halogens is 2. The fourth-order valence-electron chi connectivity index (χ4n) is 1.67. The molecular formula is C13H17BrClNO3. The number of hydrogen-bond donors (Lipinski definition) is 0. The Bertz CT molecular complexity index is 441. The van der Waals surface area contributed by atoms with Gasteiger partial charge in [0.05, 0.1) is 11.5 Å². The van der Waals surface area contributed by atoms with E-state index in [0.717, 1.165) is 18.2 Å². The Hall–Kier alpha value is -0.810. The first-order valence-electron chi connectivity index (χ1n) is 6.10. The molecular weight excluding hydrogens is 334 g/mol. The third-order valence-corrected chi connectivity index (χ3v) is 4.86. The van der Waals surface area contributed by atoms with E-state index in [2.05, 4.69) is 29.8 Å². The van der Waals surface area contributed by atoms with Crippen molar-refractivity contribution in [3.8, 4) is 5.75 Å². The molecule has 0 amide bonds. The predicted molar refractivity (Wildman–Crippen MR) is 80.4 cm³/mol. The van der Waals surface area contributed by atoms with Gasteiger partial charge in [-0.15, -0.1) is 0 Å². The van der Waals surface area contributed by atoms with Crippen molar-refractivity contribution in [3.05, 3.63) is 33.3 Å². The van der Waals surface area contributed by atoms with E-state index in [1.54, 1.807) is 12.1 Å². The second kappa shape index (κ2) is 7.10. The molecule has 0 aliphatic heterocycles. The van der Waals surface area contributed by atoms with Crippen LogP contribution in [0.4, 0.5) is 5.69 Å². The Morgan fingerprint density at radius 3 is 2.53 bits per heavy atom. The minimum Gasteiger partial charge on any atom is -0.486 e. The van der Waals surface area contributed by atoms with E-state index >= 15 is 0 Å². The molecule has 0 saturated carbocycles. The van der Waals surface area contributed by atoms with Crippen LogP contribution in [0.2, 0.25) is 5.02 Å². The Kier molecular flexibility index (Phi) is 6.07. The lowest BCUT2D eigenvalue weighted by molar-refractivity contribution is -0.385. The third kappa shape index (κ3) is 4.08. The van der Waals surface area contributed by atoms with Gasteiger partial charge in [-0.05, 0) is 25.0 Å². The fourth-order valence-corrected chi connectivity index (χ4v) is 2.79. The highest BCUT2D eigenvalue weighted by Crippen LogP contribution is 2.34. The number of rotatable bonds is 7. The van der Waals surface area contributed by atoms with Crippen molar-refractivity contribution in [2.24, 2.45) is 5.41 Å². The van der Waals surface area contributed by atoms with Crippen LogP contribution in [-0.2, 0) is 0 Å². The molecule has 0 atom stereocenters. The zero-order chi connectivity index (χ0) is 14.5. The normalized spacial score (nSPS) is 11.4. The van der Waals surface area contributed by atoms with Crippen LogP contribution in [0.25, 0.3) is 0 Å². The molecule has 0 radical (unpaired) electrons. The van der Waals surface area contributed by atoms with Crippen molar-refractivity contribution in [2.45, 2.75) is 26.7 Å². The quantitative estimate of drug-likeness (QED) is 0.402. The van der Waals surface area contributed by atoms with Gasteiger partial charge in [-0.1, -0.05) is 41.4 Å². The van der Waals surface area contributed by atoms with Crippen LogP contribution in [-0.4, -0.2) is 16.9 Å². The summed E-state index contributed by atoms with van der Waals surface area (Å²) < 4.78 is 5.66. The van der Waals surface area contributed by atoms with Gasteiger partial charge in [0, 0.05) is 21.8 Å². The average Bonchev–Trinajstić information content (AvgIpc) is 2.42. The zero-order valence-corrected chi connectivity index (χ0v) is 13.3. The Morgan fingerprint density at radius 1 is 1.42 bits per heavy atom. The van der Waals surface area contributed by atoms with E-state index in [4.69, 9.17) is 16.3 Å². The van der Waals surface area contributed by atoms with E-state index in [1.807, 2.05) is 0 Å². The number of nitro benzene ring substituents is 1. The van der Waals surface area contributed by atoms with Crippen LogP contribution >= 0.6 is 27.5 Å². The Balaban J connectivity index is 2.91. The van der Waals surface area contributed by atoms with Crippen molar-refractivity contribution >= 4 is 33.2 Å². The van der Waals surface area contributed by atoms with Gasteiger partial charge in [-0.2, -0.15) is 0 Å². The van der Waals surface area contributed by atoms with Gasteiger partial charge < -0.3 is 4.74 Å². The maximum Gasteiger partial charge on any atom is 0.312 e. The van der Waals surface area contributed by atoms with Crippen molar-refractivity contribution < 1.29 is 9.66 Å². The minimum atomic E-state index is -0.477. The number of ether oxygens (including phenoxy) is 1. The van der Waals surface area contributed by atoms with Crippen LogP contribution in [0.3, 0.4) is 0 Å². The van der Waals surface area contributed by atoms with Crippen molar-refractivity contribution in [1.82, 2.24) is 0 Å². The largest absolute Gasteiger partial charge is 0.486 e. The molecule has 0 aromatic heterocycles. The minimum absolute atomic E-state index is 0.00644. The molecule has 0 aliphatic carbocycles. The first-order valence-corrected chi connectivity index (χ1v) is 7.60. The number of hydrogen-bond acceptors (Lipinski definition) is 3. The van der Waals surface area contributed by atoms with Crippen LogP contribution in [0, 0.1) is 15.5 Å². The highest BCUT2D eigenvalue weighted by Gasteiger charge is 2.27. The summed E-state index contributed by atoms with van der Waals surface area (Å²) in [7, 11) is 0. The smallest absolute Gasteiger partial charge is 0.312 e. The molecule has 6 heteroatoms. The van der Waals surface area contributed by atoms with Gasteiger partial charge in [-0.25, -0.2) is 0 Å². The van der Waals surface area contributed by atoms with Crippen molar-refractivity contribution in [1.29, 1.82) is 0 Å². The van der Waals surface area contributed by atoms with Crippen molar-refractivity contribution in [3.63, 3.8) is 0 Å². The number of nitrogens with zero attached hydrogens (tertiary/aromatic N) is 1. The van der Waals surface area contributed by atoms with Gasteiger partial charge in [0.15, 0.2) is 5.75 Å². The molecule has 0 aliphatic rings. The number of benzene rings is 1. The lowest BCUT2D eigenvalue weighted by Gasteiger charge is -2.29. The maximum absolute atomic E-state index is 11.0. The van der Waals surface area contributed by atoms with Crippen LogP contribution in [0.15, 0.2) is 18.2 Å². The molecule has 0 N–H and O–H groups in total. The standard InChI is InChI=1S/C13H17BrClNO3/c1-3-13(4-2,8-14)9-19-12-6-5-10(15)7-11(12)16(17)18/h5-7H,3-4,8-9H2,1-2H3. The summed E-state index contributed by atoms with van der Waals surface area (Å²) in [4.78, 5) is 10.5. The van der Waals surface area contributed by atoms with E-state index in [9.17, 15) is 10.1 Å². The summed E-state index contributed by atoms with van der Waals surface area (Å²) in [6.07, 6.45) is 1.88. The number of nitro groups is 1. The Labute approximate surface area is 126 Å². The Morgan fingerprint density at radius 2 is 2.05 bits per heavy atom. The van der Waals surface area contributed by atoms with Gasteiger partial charge in [-0.3, -0.25) is 10.1 Å². The van der Waals surface area contributed by atoms with Gasteiger partial charge in [0.2, 0.25) is 0 Å². The summed E-state index contributed by atoms with van der Waals surface area (Å²) in [5.41, 5.74) is -0.101. The summed E-state index contributed by atoms with van der Waals surface area (Å²) in [6, 6.07) is 4.45. The molecule has 106 valence electrons. The van der Waals surface area contributed by atoms with Crippen LogP contribution < -0.4 is 4.74 Å². The molecule has 0 heterocycles. The first-order chi connectivity index (χ1) is 8.98. The molecule has 1 rings (SSSR count). The highest BCUT2D eigenvalue weighted by molar-refractivity contribution is 9.09. The molecule has 19 heavy (non-hydrogen) atoms. The van der Waals surface area contributed by atoms with Crippen molar-refractivity contribution in [2.75, 3.05) is 11.9 Å². The van der Waals surface area contributed by atoms with Gasteiger partial charge in [0.1, 0.15) is 0 Å². The van der Waals surface area contributed by atoms with Gasteiger partial charge >= 0.3 is 5.69 Å². The molecule has 0 unspecified atom stereocenters. The summed E-state index contributed by atoms with van der Waals surface area (Å²) in [5.74, 6) is 0.265. The fraction of sp³-hybridized carbons (Fsp3) is 0.538. The van der Waals surface area contributed by atoms with Gasteiger partial charge in [0.25, 0.3) is 0 Å². The van der Waals surface area contributed by atoms with Crippen LogP contribution in [0.5, 0.6) is 5.75 Å². The highest BCUT2D eigenvalue weighted by atomic mass is 79.9. The maximum atomic E-state index is 11.0. The summed E-state index contributed by atoms with van der Waals surface area (Å²) >= 11 is 9.26. The first kappa shape index (κ1) is 16.2. The molecule has 1 aromatic carbocycles. The summed E-state index contributed by atoms with van der Waals surface area (Å²) in [6.45, 7) is 4.61. The molecule has 1 aromatic rings. The second-order valence-electron chi connectivity index (χ2n) is 4.50. The lowest BCUT2D eigenvalue weighted by atomic mass is 9.86. The third-order valence-electron chi connectivity index (χ3n) is 3.44. The monoisotopic (exact) mass is 349 g/mol. The SMILES string of the molecule is CCC(CC)(CBr)COc1ccc(Cl)cc1[N+](=O)[O-]. The van der Waals surface area contributed by atoms with E-state index in [0.29, 0.717) is 11.6 Å². The van der Waals surface area contributed by atoms with E-state index in [-0.39, 0.29) is 16.9 Å². The summed E-state index contributed by atoms with van der Waals surface area (Å²) in [5, 5.41) is 12.1. The van der Waals surface area contributed by atoms with E-state index < -0.39 is 4.92 Å². The average molecular weight is 351 g/mol. The second-order valence-corrected chi connectivity index (χ2v) is 5.50. The molecule has 0 bridgehead atoms. The molecule has 0 fully saturated rings. The molecule has 0 spiro atoms. The van der Waals surface area contributed by atoms with E-state index in [1.165, 1.54) is 6.07 Å². The zero-order valence-electron chi connectivity index (χ0n) is 11.0.